The molecule has 2 rings (SSSR count). The molecule has 1 aromatic heterocycles. The molecule has 0 unspecified atom stereocenters. The number of aromatic nitrogens is 2. The van der Waals surface area contributed by atoms with Gasteiger partial charge in [-0.05, 0) is 12.1 Å². The molecule has 0 bridgehead atoms. The van der Waals surface area contributed by atoms with E-state index in [1.54, 1.807) is 25.3 Å². The Bertz CT molecular complexity index is 587. The highest BCUT2D eigenvalue weighted by Crippen LogP contribution is 2.20. The van der Waals surface area contributed by atoms with Gasteiger partial charge in [0.2, 0.25) is 5.91 Å². The molecule has 0 saturated heterocycles. The summed E-state index contributed by atoms with van der Waals surface area (Å²) in [7, 11) is 0. The lowest BCUT2D eigenvalue weighted by Crippen LogP contribution is -2.05. The van der Waals surface area contributed by atoms with Crippen LogP contribution in [0.3, 0.4) is 0 Å². The van der Waals surface area contributed by atoms with Gasteiger partial charge in [0.25, 0.3) is 5.69 Å². The van der Waals surface area contributed by atoms with Crippen molar-refractivity contribution >= 4 is 11.6 Å². The van der Waals surface area contributed by atoms with Crippen LogP contribution in [0.1, 0.15) is 18.1 Å². The molecule has 18 heavy (non-hydrogen) atoms. The van der Waals surface area contributed by atoms with E-state index >= 15 is 0 Å². The van der Waals surface area contributed by atoms with E-state index in [1.807, 2.05) is 0 Å². The van der Waals surface area contributed by atoms with Gasteiger partial charge in [-0.2, -0.15) is 0 Å². The van der Waals surface area contributed by atoms with Gasteiger partial charge in [-0.3, -0.25) is 19.5 Å². The van der Waals surface area contributed by atoms with Gasteiger partial charge in [0.15, 0.2) is 0 Å². The highest BCUT2D eigenvalue weighted by Gasteiger charge is 2.08. The van der Waals surface area contributed by atoms with Crippen molar-refractivity contribution < 1.29 is 9.72 Å². The first-order chi connectivity index (χ1) is 8.61. The van der Waals surface area contributed by atoms with E-state index in [9.17, 15) is 14.9 Å². The van der Waals surface area contributed by atoms with Gasteiger partial charge in [0, 0.05) is 30.3 Å². The minimum atomic E-state index is -0.455. The largest absolute Gasteiger partial charge is 0.276 e. The van der Waals surface area contributed by atoms with Gasteiger partial charge in [-0.15, -0.1) is 0 Å². The molecule has 0 aliphatic rings. The quantitative estimate of drug-likeness (QED) is 0.614. The Morgan fingerprint density at radius 2 is 2.06 bits per heavy atom. The van der Waals surface area contributed by atoms with E-state index < -0.39 is 4.92 Å². The van der Waals surface area contributed by atoms with Gasteiger partial charge >= 0.3 is 0 Å². The molecular formula is C12H11N3O3. The molecule has 2 aromatic rings. The first-order valence-corrected chi connectivity index (χ1v) is 5.44. The van der Waals surface area contributed by atoms with Crippen LogP contribution in [0.4, 0.5) is 5.69 Å². The Morgan fingerprint density at radius 3 is 2.61 bits per heavy atom. The number of carbonyl (C=O) groups is 1. The number of rotatable bonds is 3. The molecule has 0 amide bonds. The first kappa shape index (κ1) is 12.0. The summed E-state index contributed by atoms with van der Waals surface area (Å²) in [4.78, 5) is 25.6. The zero-order valence-corrected chi connectivity index (χ0v) is 9.74. The van der Waals surface area contributed by atoms with Crippen molar-refractivity contribution in [2.45, 2.75) is 13.3 Å². The van der Waals surface area contributed by atoms with Gasteiger partial charge in [-0.1, -0.05) is 6.92 Å². The zero-order chi connectivity index (χ0) is 13.1. The topological polar surface area (TPSA) is 78.0 Å². The van der Waals surface area contributed by atoms with Crippen molar-refractivity contribution in [1.29, 1.82) is 0 Å². The van der Waals surface area contributed by atoms with Gasteiger partial charge < -0.3 is 0 Å². The van der Waals surface area contributed by atoms with Crippen LogP contribution >= 0.6 is 0 Å². The second-order valence-electron chi connectivity index (χ2n) is 3.72. The minimum Gasteiger partial charge on any atom is -0.276 e. The molecule has 0 spiro atoms. The smallest absolute Gasteiger partial charge is 0.269 e. The number of benzene rings is 1. The summed E-state index contributed by atoms with van der Waals surface area (Å²) in [6.07, 6.45) is 3.46. The molecule has 0 saturated carbocycles. The number of nitro benzene ring substituents is 1. The third-order valence-electron chi connectivity index (χ3n) is 2.55. The van der Waals surface area contributed by atoms with E-state index in [4.69, 9.17) is 0 Å². The van der Waals surface area contributed by atoms with Crippen LogP contribution < -0.4 is 0 Å². The average Bonchev–Trinajstić information content (AvgIpc) is 2.87. The van der Waals surface area contributed by atoms with Crippen LogP contribution in [0.25, 0.3) is 11.3 Å². The van der Waals surface area contributed by atoms with Crippen molar-refractivity contribution in [2.75, 3.05) is 0 Å². The number of hydrogen-bond acceptors (Lipinski definition) is 4. The SMILES string of the molecule is CCC(=O)n1cnc(-c2ccc([N+](=O)[O-])cc2)c1. The maximum atomic E-state index is 11.4. The molecule has 0 atom stereocenters. The highest BCUT2D eigenvalue weighted by atomic mass is 16.6. The Hall–Kier alpha value is -2.50. The van der Waals surface area contributed by atoms with Crippen molar-refractivity contribution in [3.8, 4) is 11.3 Å². The number of non-ortho nitro benzene ring substituents is 1. The van der Waals surface area contributed by atoms with E-state index in [0.717, 1.165) is 5.56 Å². The lowest BCUT2D eigenvalue weighted by molar-refractivity contribution is -0.384. The number of nitrogens with zero attached hydrogens (tertiary/aromatic N) is 3. The Morgan fingerprint density at radius 1 is 1.39 bits per heavy atom. The molecule has 1 heterocycles. The second kappa shape index (κ2) is 4.79. The third kappa shape index (κ3) is 2.27. The van der Waals surface area contributed by atoms with Gasteiger partial charge in [0.05, 0.1) is 10.6 Å². The fourth-order valence-corrected chi connectivity index (χ4v) is 1.54. The van der Waals surface area contributed by atoms with Crippen LogP contribution in [0.15, 0.2) is 36.8 Å². The Balaban J connectivity index is 2.29. The second-order valence-corrected chi connectivity index (χ2v) is 3.72. The molecule has 0 fully saturated rings. The fourth-order valence-electron chi connectivity index (χ4n) is 1.54. The highest BCUT2D eigenvalue weighted by molar-refractivity contribution is 5.79. The van der Waals surface area contributed by atoms with Crippen molar-refractivity contribution in [1.82, 2.24) is 9.55 Å². The molecule has 92 valence electrons. The minimum absolute atomic E-state index is 0.0304. The lowest BCUT2D eigenvalue weighted by Gasteiger charge is -1.96. The fraction of sp³-hybridized carbons (Fsp3) is 0.167. The standard InChI is InChI=1S/C12H11N3O3/c1-2-12(16)14-7-11(13-8-14)9-3-5-10(6-4-9)15(17)18/h3-8H,2H2,1H3. The van der Waals surface area contributed by atoms with Crippen molar-refractivity contribution in [2.24, 2.45) is 0 Å². The summed E-state index contributed by atoms with van der Waals surface area (Å²) in [6.45, 7) is 1.77. The Labute approximate surface area is 103 Å². The van der Waals surface area contributed by atoms with Crippen LogP contribution in [0, 0.1) is 10.1 Å². The van der Waals surface area contributed by atoms with Crippen LogP contribution in [-0.2, 0) is 0 Å². The van der Waals surface area contributed by atoms with E-state index in [2.05, 4.69) is 4.98 Å². The predicted octanol–water partition coefficient (Wildman–Crippen LogP) is 2.51. The number of nitro groups is 1. The van der Waals surface area contributed by atoms with Gasteiger partial charge in [-0.25, -0.2) is 4.98 Å². The molecule has 6 nitrogen and oxygen atoms in total. The lowest BCUT2D eigenvalue weighted by atomic mass is 10.1. The molecule has 1 aromatic carbocycles. The molecule has 0 aliphatic carbocycles. The maximum absolute atomic E-state index is 11.4. The van der Waals surface area contributed by atoms with E-state index in [0.29, 0.717) is 12.1 Å². The van der Waals surface area contributed by atoms with Crippen LogP contribution in [0.5, 0.6) is 0 Å². The summed E-state index contributed by atoms with van der Waals surface area (Å²) >= 11 is 0. The van der Waals surface area contributed by atoms with Crippen LogP contribution in [-0.4, -0.2) is 20.4 Å². The normalized spacial score (nSPS) is 10.3. The third-order valence-corrected chi connectivity index (χ3v) is 2.55. The summed E-state index contributed by atoms with van der Waals surface area (Å²) < 4.78 is 1.41. The average molecular weight is 245 g/mol. The summed E-state index contributed by atoms with van der Waals surface area (Å²) in [6, 6.07) is 6.05. The van der Waals surface area contributed by atoms with E-state index in [1.165, 1.54) is 23.0 Å². The van der Waals surface area contributed by atoms with Crippen molar-refractivity contribution in [3.05, 3.63) is 46.9 Å². The summed E-state index contributed by atoms with van der Waals surface area (Å²) in [5.74, 6) is -0.0457. The molecule has 0 aliphatic heterocycles. The summed E-state index contributed by atoms with van der Waals surface area (Å²) in [5.41, 5.74) is 1.39. The molecule has 0 radical (unpaired) electrons. The zero-order valence-electron chi connectivity index (χ0n) is 9.74. The number of imidazole rings is 1. The molecular weight excluding hydrogens is 234 g/mol. The Kier molecular flexibility index (Phi) is 3.18. The summed E-state index contributed by atoms with van der Waals surface area (Å²) in [5, 5.41) is 10.5. The number of hydrogen-bond donors (Lipinski definition) is 0. The maximum Gasteiger partial charge on any atom is 0.269 e. The number of carbonyl (C=O) groups excluding carboxylic acids is 1. The van der Waals surface area contributed by atoms with Crippen molar-refractivity contribution in [3.63, 3.8) is 0 Å². The monoisotopic (exact) mass is 245 g/mol. The first-order valence-electron chi connectivity index (χ1n) is 5.44. The molecule has 0 N–H and O–H groups in total. The van der Waals surface area contributed by atoms with E-state index in [-0.39, 0.29) is 11.6 Å². The molecule has 6 heteroatoms. The predicted molar refractivity (Wildman–Crippen MR) is 65.2 cm³/mol. The van der Waals surface area contributed by atoms with Gasteiger partial charge in [0.1, 0.15) is 6.33 Å². The van der Waals surface area contributed by atoms with Crippen LogP contribution in [0.2, 0.25) is 0 Å².